The standard InChI is InChI=1S/C16H19ClN2O/c17-15-11-13(9-8-12(15)5-4-10-18)16(20)19-14-6-2-1-3-7-14/h8-9,11,14H,1-3,6-7,10,18H2,(H,19,20). The van der Waals surface area contributed by atoms with Crippen LogP contribution >= 0.6 is 11.6 Å². The topological polar surface area (TPSA) is 55.1 Å². The molecule has 0 saturated heterocycles. The zero-order chi connectivity index (χ0) is 14.4. The molecule has 1 aromatic carbocycles. The number of nitrogens with one attached hydrogen (secondary N) is 1. The number of carbonyl (C=O) groups excluding carboxylic acids is 1. The van der Waals surface area contributed by atoms with E-state index >= 15 is 0 Å². The number of halogens is 1. The highest BCUT2D eigenvalue weighted by Gasteiger charge is 2.17. The molecule has 106 valence electrons. The summed E-state index contributed by atoms with van der Waals surface area (Å²) < 4.78 is 0. The fourth-order valence-corrected chi connectivity index (χ4v) is 2.65. The van der Waals surface area contributed by atoms with Gasteiger partial charge in [-0.05, 0) is 31.0 Å². The van der Waals surface area contributed by atoms with E-state index in [0.29, 0.717) is 28.7 Å². The number of nitrogens with two attached hydrogens (primary N) is 1. The lowest BCUT2D eigenvalue weighted by Gasteiger charge is -2.22. The lowest BCUT2D eigenvalue weighted by atomic mass is 9.95. The van der Waals surface area contributed by atoms with Crippen LogP contribution in [0.1, 0.15) is 48.0 Å². The largest absolute Gasteiger partial charge is 0.349 e. The summed E-state index contributed by atoms with van der Waals surface area (Å²) in [6.45, 7) is 0.292. The van der Waals surface area contributed by atoms with Crippen LogP contribution in [0.15, 0.2) is 18.2 Å². The van der Waals surface area contributed by atoms with Crippen molar-refractivity contribution in [2.24, 2.45) is 5.73 Å². The van der Waals surface area contributed by atoms with E-state index in [4.69, 9.17) is 17.3 Å². The van der Waals surface area contributed by atoms with Crippen LogP contribution in [-0.2, 0) is 0 Å². The van der Waals surface area contributed by atoms with Crippen molar-refractivity contribution in [3.63, 3.8) is 0 Å². The van der Waals surface area contributed by atoms with Crippen LogP contribution < -0.4 is 11.1 Å². The Morgan fingerprint density at radius 3 is 2.75 bits per heavy atom. The van der Waals surface area contributed by atoms with Crippen LogP contribution in [0.4, 0.5) is 0 Å². The van der Waals surface area contributed by atoms with Crippen LogP contribution in [0.2, 0.25) is 5.02 Å². The SMILES string of the molecule is NCC#Cc1ccc(C(=O)NC2CCCCC2)cc1Cl. The Kier molecular flexibility index (Phi) is 5.46. The Balaban J connectivity index is 2.04. The van der Waals surface area contributed by atoms with Gasteiger partial charge in [0.05, 0.1) is 11.6 Å². The first-order valence-corrected chi connectivity index (χ1v) is 7.38. The smallest absolute Gasteiger partial charge is 0.251 e. The predicted molar refractivity (Wildman–Crippen MR) is 81.7 cm³/mol. The number of amides is 1. The van der Waals surface area contributed by atoms with Crippen molar-refractivity contribution in [2.75, 3.05) is 6.54 Å². The van der Waals surface area contributed by atoms with Crippen LogP contribution in [0.3, 0.4) is 0 Å². The van der Waals surface area contributed by atoms with Crippen molar-refractivity contribution in [3.05, 3.63) is 34.3 Å². The summed E-state index contributed by atoms with van der Waals surface area (Å²) in [5.74, 6) is 5.58. The highest BCUT2D eigenvalue weighted by atomic mass is 35.5. The fraction of sp³-hybridized carbons (Fsp3) is 0.438. The molecule has 1 aliphatic rings. The van der Waals surface area contributed by atoms with Gasteiger partial charge < -0.3 is 11.1 Å². The molecule has 0 aromatic heterocycles. The average molecular weight is 291 g/mol. The molecule has 1 aromatic rings. The zero-order valence-electron chi connectivity index (χ0n) is 11.4. The van der Waals surface area contributed by atoms with Gasteiger partial charge in [-0.1, -0.05) is 42.7 Å². The van der Waals surface area contributed by atoms with Gasteiger partial charge >= 0.3 is 0 Å². The van der Waals surface area contributed by atoms with E-state index in [0.717, 1.165) is 12.8 Å². The first kappa shape index (κ1) is 14.9. The van der Waals surface area contributed by atoms with E-state index in [2.05, 4.69) is 17.2 Å². The van der Waals surface area contributed by atoms with Gasteiger partial charge in [0.25, 0.3) is 5.91 Å². The number of carbonyl (C=O) groups is 1. The third-order valence-corrected chi connectivity index (χ3v) is 3.81. The summed E-state index contributed by atoms with van der Waals surface area (Å²) in [6.07, 6.45) is 5.80. The van der Waals surface area contributed by atoms with E-state index < -0.39 is 0 Å². The minimum Gasteiger partial charge on any atom is -0.349 e. The fourth-order valence-electron chi connectivity index (χ4n) is 2.42. The van der Waals surface area contributed by atoms with Gasteiger partial charge in [-0.3, -0.25) is 4.79 Å². The molecule has 0 bridgehead atoms. The van der Waals surface area contributed by atoms with Gasteiger partial charge in [0, 0.05) is 17.2 Å². The number of hydrogen-bond acceptors (Lipinski definition) is 2. The minimum atomic E-state index is -0.0582. The maximum Gasteiger partial charge on any atom is 0.251 e. The Morgan fingerprint density at radius 1 is 1.35 bits per heavy atom. The maximum atomic E-state index is 12.2. The second-order valence-corrected chi connectivity index (χ2v) is 5.42. The van der Waals surface area contributed by atoms with Crippen molar-refractivity contribution >= 4 is 17.5 Å². The molecule has 0 spiro atoms. The van der Waals surface area contributed by atoms with Crippen LogP contribution in [0.25, 0.3) is 0 Å². The lowest BCUT2D eigenvalue weighted by molar-refractivity contribution is 0.0927. The summed E-state index contributed by atoms with van der Waals surface area (Å²) in [5, 5.41) is 3.56. The van der Waals surface area contributed by atoms with Gasteiger partial charge in [-0.2, -0.15) is 0 Å². The molecule has 0 aliphatic heterocycles. The number of rotatable bonds is 2. The molecule has 1 amide bonds. The third kappa shape index (κ3) is 4.00. The summed E-state index contributed by atoms with van der Waals surface area (Å²) in [4.78, 5) is 12.2. The summed E-state index contributed by atoms with van der Waals surface area (Å²) >= 11 is 6.13. The Labute approximate surface area is 124 Å². The van der Waals surface area contributed by atoms with Gasteiger partial charge in [-0.25, -0.2) is 0 Å². The molecule has 3 N–H and O–H groups in total. The average Bonchev–Trinajstić information content (AvgIpc) is 2.47. The van der Waals surface area contributed by atoms with Gasteiger partial charge in [0.15, 0.2) is 0 Å². The molecule has 2 rings (SSSR count). The van der Waals surface area contributed by atoms with E-state index in [9.17, 15) is 4.79 Å². The van der Waals surface area contributed by atoms with Crippen LogP contribution in [0, 0.1) is 11.8 Å². The van der Waals surface area contributed by atoms with Gasteiger partial charge in [0.1, 0.15) is 0 Å². The molecule has 20 heavy (non-hydrogen) atoms. The van der Waals surface area contributed by atoms with Crippen molar-refractivity contribution < 1.29 is 4.79 Å². The molecule has 3 nitrogen and oxygen atoms in total. The molecule has 0 unspecified atom stereocenters. The molecule has 0 atom stereocenters. The Bertz CT molecular complexity index is 539. The van der Waals surface area contributed by atoms with E-state index in [-0.39, 0.29) is 5.91 Å². The monoisotopic (exact) mass is 290 g/mol. The minimum absolute atomic E-state index is 0.0582. The van der Waals surface area contributed by atoms with E-state index in [1.165, 1.54) is 19.3 Å². The highest BCUT2D eigenvalue weighted by molar-refractivity contribution is 6.32. The quantitative estimate of drug-likeness (QED) is 0.823. The maximum absolute atomic E-state index is 12.2. The summed E-state index contributed by atoms with van der Waals surface area (Å²) in [5.41, 5.74) is 6.61. The molecule has 1 aliphatic carbocycles. The van der Waals surface area contributed by atoms with Gasteiger partial charge in [0.2, 0.25) is 0 Å². The molecule has 0 heterocycles. The summed E-state index contributed by atoms with van der Waals surface area (Å²) in [6, 6.07) is 5.48. The second-order valence-electron chi connectivity index (χ2n) is 5.01. The van der Waals surface area contributed by atoms with E-state index in [1.54, 1.807) is 18.2 Å². The molecule has 1 fully saturated rings. The first-order chi connectivity index (χ1) is 9.70. The molecular formula is C16H19ClN2O. The van der Waals surface area contributed by atoms with Crippen LogP contribution in [0.5, 0.6) is 0 Å². The van der Waals surface area contributed by atoms with Crippen LogP contribution in [-0.4, -0.2) is 18.5 Å². The summed E-state index contributed by atoms with van der Waals surface area (Å²) in [7, 11) is 0. The van der Waals surface area contributed by atoms with Gasteiger partial charge in [-0.15, -0.1) is 0 Å². The molecule has 0 radical (unpaired) electrons. The Morgan fingerprint density at radius 2 is 2.10 bits per heavy atom. The van der Waals surface area contributed by atoms with E-state index in [1.807, 2.05) is 0 Å². The Hall–Kier alpha value is -1.50. The van der Waals surface area contributed by atoms with Crippen molar-refractivity contribution in [3.8, 4) is 11.8 Å². The predicted octanol–water partition coefficient (Wildman–Crippen LogP) is 2.71. The molecular weight excluding hydrogens is 272 g/mol. The highest BCUT2D eigenvalue weighted by Crippen LogP contribution is 2.20. The molecule has 4 heteroatoms. The second kappa shape index (κ2) is 7.33. The van der Waals surface area contributed by atoms with Crippen molar-refractivity contribution in [1.82, 2.24) is 5.32 Å². The lowest BCUT2D eigenvalue weighted by Crippen LogP contribution is -2.36. The van der Waals surface area contributed by atoms with Crippen molar-refractivity contribution in [2.45, 2.75) is 38.1 Å². The zero-order valence-corrected chi connectivity index (χ0v) is 12.2. The normalized spacial score (nSPS) is 15.3. The first-order valence-electron chi connectivity index (χ1n) is 7.00. The third-order valence-electron chi connectivity index (χ3n) is 3.50. The number of hydrogen-bond donors (Lipinski definition) is 2. The van der Waals surface area contributed by atoms with Crippen molar-refractivity contribution in [1.29, 1.82) is 0 Å². The molecule has 1 saturated carbocycles. The number of benzene rings is 1.